The number of carbonyl (C=O) groups is 1. The first-order valence-electron chi connectivity index (χ1n) is 7.97. The van der Waals surface area contributed by atoms with E-state index in [2.05, 4.69) is 20.5 Å². The highest BCUT2D eigenvalue weighted by Crippen LogP contribution is 2.20. The highest BCUT2D eigenvalue weighted by atomic mass is 35.5. The number of benzene rings is 2. The highest BCUT2D eigenvalue weighted by molar-refractivity contribution is 6.31. The summed E-state index contributed by atoms with van der Waals surface area (Å²) < 4.78 is 0. The summed E-state index contributed by atoms with van der Waals surface area (Å²) in [4.78, 5) is 15.5. The lowest BCUT2D eigenvalue weighted by Crippen LogP contribution is -2.12. The van der Waals surface area contributed by atoms with E-state index >= 15 is 0 Å². The number of hydrogen-bond donors (Lipinski definition) is 3. The normalized spacial score (nSPS) is 12.4. The predicted molar refractivity (Wildman–Crippen MR) is 107 cm³/mol. The number of H-pyrrole nitrogens is 1. The second-order valence-corrected chi connectivity index (χ2v) is 6.31. The number of amides is 1. The third kappa shape index (κ3) is 4.10. The van der Waals surface area contributed by atoms with E-state index in [4.69, 9.17) is 17.3 Å². The Labute approximate surface area is 155 Å². The fraction of sp³-hybridized carbons (Fsp3) is 0.105. The van der Waals surface area contributed by atoms with E-state index in [-0.39, 0.29) is 5.91 Å². The Bertz CT molecular complexity index is 1010. The van der Waals surface area contributed by atoms with Crippen molar-refractivity contribution in [3.05, 3.63) is 64.8 Å². The first-order valence-corrected chi connectivity index (χ1v) is 8.34. The van der Waals surface area contributed by atoms with Crippen LogP contribution in [0, 0.1) is 0 Å². The average molecular weight is 368 g/mol. The van der Waals surface area contributed by atoms with Crippen molar-refractivity contribution in [3.8, 4) is 0 Å². The molecule has 0 aliphatic rings. The molecule has 3 aromatic rings. The van der Waals surface area contributed by atoms with Gasteiger partial charge in [0.25, 0.3) is 5.91 Å². The molecule has 132 valence electrons. The summed E-state index contributed by atoms with van der Waals surface area (Å²) in [6, 6.07) is 14.6. The molecule has 0 radical (unpaired) electrons. The lowest BCUT2D eigenvalue weighted by atomic mass is 10.1. The molecular weight excluding hydrogens is 350 g/mol. The number of nitrogens with one attached hydrogen (secondary N) is 2. The molecule has 1 aromatic heterocycles. The maximum atomic E-state index is 12.4. The van der Waals surface area contributed by atoms with Crippen LogP contribution in [0.1, 0.15) is 29.9 Å². The number of nitrogens with two attached hydrogens (primary N) is 1. The molecule has 0 fully saturated rings. The molecule has 7 heteroatoms. The number of aromatic nitrogens is 1. The summed E-state index contributed by atoms with van der Waals surface area (Å²) in [6.45, 7) is 3.52. The van der Waals surface area contributed by atoms with Crippen molar-refractivity contribution >= 4 is 45.6 Å². The summed E-state index contributed by atoms with van der Waals surface area (Å²) in [5.41, 5.74) is 9.08. The molecule has 0 aliphatic heterocycles. The van der Waals surface area contributed by atoms with E-state index in [1.54, 1.807) is 25.1 Å². The van der Waals surface area contributed by atoms with Crippen molar-refractivity contribution in [1.29, 1.82) is 0 Å². The van der Waals surface area contributed by atoms with E-state index in [1.807, 2.05) is 37.3 Å². The van der Waals surface area contributed by atoms with Gasteiger partial charge in [-0.15, -0.1) is 5.10 Å². The molecule has 3 rings (SSSR count). The van der Waals surface area contributed by atoms with Crippen molar-refractivity contribution in [1.82, 2.24) is 4.98 Å². The Morgan fingerprint density at radius 2 is 1.81 bits per heavy atom. The monoisotopic (exact) mass is 367 g/mol. The third-order valence-electron chi connectivity index (χ3n) is 3.75. The van der Waals surface area contributed by atoms with Crippen molar-refractivity contribution in [3.63, 3.8) is 0 Å². The Morgan fingerprint density at radius 3 is 2.50 bits per heavy atom. The Kier molecular flexibility index (Phi) is 5.04. The smallest absolute Gasteiger partial charge is 0.272 e. The van der Waals surface area contributed by atoms with Crippen molar-refractivity contribution in [2.45, 2.75) is 13.8 Å². The summed E-state index contributed by atoms with van der Waals surface area (Å²) in [5.74, 6) is 0.173. The van der Waals surface area contributed by atoms with Gasteiger partial charge in [0.2, 0.25) is 0 Å². The number of aromatic amines is 1. The minimum absolute atomic E-state index is 0.223. The van der Waals surface area contributed by atoms with E-state index in [0.29, 0.717) is 22.2 Å². The summed E-state index contributed by atoms with van der Waals surface area (Å²) in [6.07, 6.45) is 0. The highest BCUT2D eigenvalue weighted by Gasteiger charge is 2.10. The molecule has 0 spiro atoms. The number of halogens is 1. The van der Waals surface area contributed by atoms with Crippen LogP contribution >= 0.6 is 11.6 Å². The van der Waals surface area contributed by atoms with Crippen molar-refractivity contribution in [2.75, 3.05) is 5.32 Å². The standard InChI is InChI=1S/C19H18ClN5O/c1-11(24-25-12(2)21)13-4-7-16(8-5-13)22-19(26)18-9-14-3-6-15(20)10-17(14)23-18/h3-10,23H,1-2H3,(H2,21,25)(H,22,26)/b24-11+. The van der Waals surface area contributed by atoms with Crippen LogP contribution in [0.5, 0.6) is 0 Å². The van der Waals surface area contributed by atoms with Gasteiger partial charge in [-0.05, 0) is 49.7 Å². The van der Waals surface area contributed by atoms with Gasteiger partial charge in [-0.2, -0.15) is 5.10 Å². The lowest BCUT2D eigenvalue weighted by molar-refractivity contribution is 0.102. The summed E-state index contributed by atoms with van der Waals surface area (Å²) in [5, 5.41) is 12.3. The predicted octanol–water partition coefficient (Wildman–Crippen LogP) is 4.17. The number of rotatable bonds is 4. The molecule has 6 nitrogen and oxygen atoms in total. The topological polar surface area (TPSA) is 95.6 Å². The first kappa shape index (κ1) is 17.7. The molecule has 2 aromatic carbocycles. The summed E-state index contributed by atoms with van der Waals surface area (Å²) in [7, 11) is 0. The maximum absolute atomic E-state index is 12.4. The van der Waals surface area contributed by atoms with Gasteiger partial charge in [-0.1, -0.05) is 29.8 Å². The molecule has 4 N–H and O–H groups in total. The average Bonchev–Trinajstić information content (AvgIpc) is 3.03. The summed E-state index contributed by atoms with van der Waals surface area (Å²) >= 11 is 5.97. The lowest BCUT2D eigenvalue weighted by Gasteiger charge is -2.05. The number of amidine groups is 1. The number of carbonyl (C=O) groups excluding carboxylic acids is 1. The molecular formula is C19H18ClN5O. The quantitative estimate of drug-likeness (QED) is 0.366. The van der Waals surface area contributed by atoms with Crippen LogP contribution in [0.4, 0.5) is 5.69 Å². The van der Waals surface area contributed by atoms with Gasteiger partial charge in [0.05, 0.1) is 5.71 Å². The van der Waals surface area contributed by atoms with Crippen LogP contribution in [-0.4, -0.2) is 22.4 Å². The Balaban J connectivity index is 1.74. The van der Waals surface area contributed by atoms with Gasteiger partial charge in [0, 0.05) is 21.6 Å². The van der Waals surface area contributed by atoms with Crippen LogP contribution in [0.15, 0.2) is 58.7 Å². The van der Waals surface area contributed by atoms with E-state index in [9.17, 15) is 4.79 Å². The fourth-order valence-corrected chi connectivity index (χ4v) is 2.60. The third-order valence-corrected chi connectivity index (χ3v) is 3.98. The molecule has 0 aliphatic carbocycles. The molecule has 0 saturated carbocycles. The first-order chi connectivity index (χ1) is 12.4. The Hall–Kier alpha value is -3.12. The van der Waals surface area contributed by atoms with Crippen molar-refractivity contribution in [2.24, 2.45) is 15.9 Å². The maximum Gasteiger partial charge on any atom is 0.272 e. The van der Waals surface area contributed by atoms with Crippen LogP contribution in [0.2, 0.25) is 5.02 Å². The zero-order chi connectivity index (χ0) is 18.7. The molecule has 26 heavy (non-hydrogen) atoms. The van der Waals surface area contributed by atoms with E-state index in [1.165, 1.54) is 0 Å². The van der Waals surface area contributed by atoms with Gasteiger partial charge in [0.1, 0.15) is 11.5 Å². The van der Waals surface area contributed by atoms with Crippen LogP contribution < -0.4 is 11.1 Å². The largest absolute Gasteiger partial charge is 0.386 e. The minimum atomic E-state index is -0.223. The molecule has 0 unspecified atom stereocenters. The molecule has 1 amide bonds. The second kappa shape index (κ2) is 7.41. The van der Waals surface area contributed by atoms with E-state index in [0.717, 1.165) is 22.2 Å². The van der Waals surface area contributed by atoms with Gasteiger partial charge in [-0.25, -0.2) is 0 Å². The molecule has 0 atom stereocenters. The number of fused-ring (bicyclic) bond motifs is 1. The second-order valence-electron chi connectivity index (χ2n) is 5.87. The van der Waals surface area contributed by atoms with E-state index < -0.39 is 0 Å². The zero-order valence-corrected chi connectivity index (χ0v) is 15.1. The fourth-order valence-electron chi connectivity index (χ4n) is 2.43. The SMILES string of the molecule is CC(N)=N/N=C(\C)c1ccc(NC(=O)c2cc3ccc(Cl)cc3[nH]2)cc1. The number of nitrogens with zero attached hydrogens (tertiary/aromatic N) is 2. The van der Waals surface area contributed by atoms with Gasteiger partial charge in [0.15, 0.2) is 0 Å². The van der Waals surface area contributed by atoms with Crippen LogP contribution in [0.3, 0.4) is 0 Å². The number of hydrogen-bond acceptors (Lipinski definition) is 3. The van der Waals surface area contributed by atoms with Crippen LogP contribution in [-0.2, 0) is 0 Å². The van der Waals surface area contributed by atoms with Gasteiger partial charge >= 0.3 is 0 Å². The molecule has 0 bridgehead atoms. The van der Waals surface area contributed by atoms with Crippen molar-refractivity contribution < 1.29 is 4.79 Å². The molecule has 1 heterocycles. The van der Waals surface area contributed by atoms with Crippen LogP contribution in [0.25, 0.3) is 10.9 Å². The molecule has 0 saturated heterocycles. The van der Waals surface area contributed by atoms with Gasteiger partial charge < -0.3 is 16.0 Å². The Morgan fingerprint density at radius 1 is 1.08 bits per heavy atom. The zero-order valence-electron chi connectivity index (χ0n) is 14.4. The number of anilines is 1. The van der Waals surface area contributed by atoms with Gasteiger partial charge in [-0.3, -0.25) is 4.79 Å². The minimum Gasteiger partial charge on any atom is -0.386 e.